The van der Waals surface area contributed by atoms with Crippen molar-refractivity contribution in [2.75, 3.05) is 0 Å². The molecule has 0 spiro atoms. The molecule has 3 nitrogen and oxygen atoms in total. The Morgan fingerprint density at radius 3 is 2.23 bits per heavy atom. The van der Waals surface area contributed by atoms with E-state index in [0.717, 1.165) is 56.2 Å². The summed E-state index contributed by atoms with van der Waals surface area (Å²) in [4.78, 5) is 5.18. The third-order valence-electron chi connectivity index (χ3n) is 9.63. The van der Waals surface area contributed by atoms with Crippen LogP contribution < -0.4 is 0 Å². The topological polar surface area (TPSA) is 31.0 Å². The SMILES string of the molecule is C1=CCC(c2cccc3c2c2ccccc2n3-c2ccc3c(c2)oc2cccc(-c4cc(-c5ccccc5)c5ccccc5n4)c23)=C1. The van der Waals surface area contributed by atoms with E-state index in [2.05, 4.69) is 162 Å². The normalized spacial score (nSPS) is 13.1. The van der Waals surface area contributed by atoms with Gasteiger partial charge in [-0.25, -0.2) is 4.98 Å². The number of para-hydroxylation sites is 2. The molecule has 0 amide bonds. The molecule has 0 bridgehead atoms. The highest BCUT2D eigenvalue weighted by atomic mass is 16.3. The molecule has 0 N–H and O–H groups in total. The zero-order valence-corrected chi connectivity index (χ0v) is 25.5. The lowest BCUT2D eigenvalue weighted by Crippen LogP contribution is -1.94. The largest absolute Gasteiger partial charge is 0.456 e. The van der Waals surface area contributed by atoms with E-state index in [1.54, 1.807) is 0 Å². The Kier molecular flexibility index (Phi) is 5.64. The predicted molar refractivity (Wildman–Crippen MR) is 196 cm³/mol. The average molecular weight is 601 g/mol. The summed E-state index contributed by atoms with van der Waals surface area (Å²) in [5, 5.41) is 5.86. The zero-order valence-electron chi connectivity index (χ0n) is 25.5. The van der Waals surface area contributed by atoms with Gasteiger partial charge in [-0.1, -0.05) is 109 Å². The van der Waals surface area contributed by atoms with E-state index < -0.39 is 0 Å². The minimum Gasteiger partial charge on any atom is -0.456 e. The van der Waals surface area contributed by atoms with Crippen LogP contribution in [0, 0.1) is 0 Å². The monoisotopic (exact) mass is 600 g/mol. The van der Waals surface area contributed by atoms with Crippen LogP contribution in [0.15, 0.2) is 162 Å². The molecule has 9 aromatic rings. The highest BCUT2D eigenvalue weighted by Crippen LogP contribution is 2.42. The molecule has 10 rings (SSSR count). The van der Waals surface area contributed by atoms with Crippen molar-refractivity contribution in [2.45, 2.75) is 6.42 Å². The van der Waals surface area contributed by atoms with Crippen molar-refractivity contribution in [2.24, 2.45) is 0 Å². The fraction of sp³-hybridized carbons (Fsp3) is 0.0227. The molecule has 0 radical (unpaired) electrons. The molecule has 0 fully saturated rings. The van der Waals surface area contributed by atoms with Gasteiger partial charge in [0.1, 0.15) is 11.2 Å². The molecule has 0 saturated carbocycles. The summed E-state index contributed by atoms with van der Waals surface area (Å²) in [6, 6.07) is 49.5. The second kappa shape index (κ2) is 10.2. The maximum atomic E-state index is 6.63. The highest BCUT2D eigenvalue weighted by molar-refractivity contribution is 6.16. The Labute approximate surface area is 271 Å². The van der Waals surface area contributed by atoms with Crippen molar-refractivity contribution in [3.63, 3.8) is 0 Å². The molecular formula is C44H28N2O. The summed E-state index contributed by atoms with van der Waals surface area (Å²) in [6.07, 6.45) is 7.59. The van der Waals surface area contributed by atoms with Gasteiger partial charge in [-0.2, -0.15) is 0 Å². The van der Waals surface area contributed by atoms with Gasteiger partial charge in [-0.15, -0.1) is 0 Å². The molecule has 3 aromatic heterocycles. The number of nitrogens with zero attached hydrogens (tertiary/aromatic N) is 2. The molecule has 6 aromatic carbocycles. The van der Waals surface area contributed by atoms with Crippen molar-refractivity contribution in [3.8, 4) is 28.1 Å². The summed E-state index contributed by atoms with van der Waals surface area (Å²) < 4.78 is 9.00. The third kappa shape index (κ3) is 3.96. The van der Waals surface area contributed by atoms with E-state index in [1.165, 1.54) is 44.1 Å². The Morgan fingerprint density at radius 1 is 0.553 bits per heavy atom. The van der Waals surface area contributed by atoms with E-state index in [1.807, 2.05) is 0 Å². The fourth-order valence-corrected chi connectivity index (χ4v) is 7.55. The van der Waals surface area contributed by atoms with Crippen molar-refractivity contribution in [1.29, 1.82) is 0 Å². The average Bonchev–Trinajstić information content (AvgIpc) is 3.88. The smallest absolute Gasteiger partial charge is 0.137 e. The zero-order chi connectivity index (χ0) is 30.9. The van der Waals surface area contributed by atoms with Crippen molar-refractivity contribution in [3.05, 3.63) is 163 Å². The Hall–Kier alpha value is -6.19. The summed E-state index contributed by atoms with van der Waals surface area (Å²) in [6.45, 7) is 0. The number of fused-ring (bicyclic) bond motifs is 7. The molecule has 1 aliphatic carbocycles. The summed E-state index contributed by atoms with van der Waals surface area (Å²) in [5.41, 5.74) is 13.2. The molecule has 1 aliphatic rings. The van der Waals surface area contributed by atoms with E-state index in [9.17, 15) is 0 Å². The van der Waals surface area contributed by atoms with Gasteiger partial charge < -0.3 is 8.98 Å². The first-order valence-corrected chi connectivity index (χ1v) is 16.1. The second-order valence-electron chi connectivity index (χ2n) is 12.3. The molecule has 3 heteroatoms. The van der Waals surface area contributed by atoms with Crippen LogP contribution in [0.4, 0.5) is 0 Å². The van der Waals surface area contributed by atoms with Gasteiger partial charge in [0.2, 0.25) is 0 Å². The summed E-state index contributed by atoms with van der Waals surface area (Å²) in [7, 11) is 0. The number of hydrogen-bond donors (Lipinski definition) is 0. The molecule has 47 heavy (non-hydrogen) atoms. The van der Waals surface area contributed by atoms with Gasteiger partial charge in [-0.05, 0) is 71.1 Å². The molecular weight excluding hydrogens is 572 g/mol. The number of benzene rings is 6. The standard InChI is InChI=1S/C44H28N2O/c1-2-12-29(13-3-1)36-27-38(45-37-20-8-6-16-32(36)37)33-19-11-23-41-44(33)35-25-24-30(26-42(35)47-41)46-39-21-9-7-17-34(39)43-31(18-10-22-40(43)46)28-14-4-5-15-28/h1-14,16-27H,15H2. The molecule has 220 valence electrons. The first-order chi connectivity index (χ1) is 23.3. The van der Waals surface area contributed by atoms with E-state index in [0.29, 0.717) is 0 Å². The van der Waals surface area contributed by atoms with Crippen LogP contribution >= 0.6 is 0 Å². The van der Waals surface area contributed by atoms with Crippen LogP contribution in [0.5, 0.6) is 0 Å². The van der Waals surface area contributed by atoms with Gasteiger partial charge in [-0.3, -0.25) is 0 Å². The van der Waals surface area contributed by atoms with Crippen LogP contribution in [-0.2, 0) is 0 Å². The molecule has 0 unspecified atom stereocenters. The van der Waals surface area contributed by atoms with Gasteiger partial charge in [0.05, 0.1) is 22.2 Å². The molecule has 0 saturated heterocycles. The number of pyridine rings is 1. The van der Waals surface area contributed by atoms with Gasteiger partial charge in [0.25, 0.3) is 0 Å². The molecule has 0 atom stereocenters. The quantitative estimate of drug-likeness (QED) is 0.201. The number of furan rings is 1. The maximum absolute atomic E-state index is 6.63. The van der Waals surface area contributed by atoms with Crippen LogP contribution in [0.3, 0.4) is 0 Å². The highest BCUT2D eigenvalue weighted by Gasteiger charge is 2.20. The maximum Gasteiger partial charge on any atom is 0.137 e. The summed E-state index contributed by atoms with van der Waals surface area (Å²) >= 11 is 0. The lowest BCUT2D eigenvalue weighted by Gasteiger charge is -2.11. The lowest BCUT2D eigenvalue weighted by molar-refractivity contribution is 0.668. The minimum atomic E-state index is 0.857. The first kappa shape index (κ1) is 26.1. The first-order valence-electron chi connectivity index (χ1n) is 16.1. The molecule has 0 aliphatic heterocycles. The number of aromatic nitrogens is 2. The van der Waals surface area contributed by atoms with Gasteiger partial charge in [0.15, 0.2) is 0 Å². The van der Waals surface area contributed by atoms with Crippen LogP contribution in [0.2, 0.25) is 0 Å². The van der Waals surface area contributed by atoms with E-state index in [-0.39, 0.29) is 0 Å². The lowest BCUT2D eigenvalue weighted by atomic mass is 9.96. The van der Waals surface area contributed by atoms with Crippen molar-refractivity contribution in [1.82, 2.24) is 9.55 Å². The Balaban J connectivity index is 1.19. The summed E-state index contributed by atoms with van der Waals surface area (Å²) in [5.74, 6) is 0. The van der Waals surface area contributed by atoms with Crippen molar-refractivity contribution >= 4 is 60.2 Å². The molecule has 3 heterocycles. The van der Waals surface area contributed by atoms with E-state index >= 15 is 0 Å². The van der Waals surface area contributed by atoms with Crippen LogP contribution in [0.1, 0.15) is 12.0 Å². The number of hydrogen-bond acceptors (Lipinski definition) is 2. The fourth-order valence-electron chi connectivity index (χ4n) is 7.55. The number of allylic oxidation sites excluding steroid dienone is 4. The minimum absolute atomic E-state index is 0.857. The van der Waals surface area contributed by atoms with E-state index in [4.69, 9.17) is 9.40 Å². The second-order valence-corrected chi connectivity index (χ2v) is 12.3. The van der Waals surface area contributed by atoms with Gasteiger partial charge in [0, 0.05) is 44.2 Å². The number of rotatable bonds is 4. The van der Waals surface area contributed by atoms with Crippen molar-refractivity contribution < 1.29 is 4.42 Å². The Morgan fingerprint density at radius 2 is 1.34 bits per heavy atom. The van der Waals surface area contributed by atoms with Crippen LogP contribution in [-0.4, -0.2) is 9.55 Å². The Bertz CT molecular complexity index is 2760. The van der Waals surface area contributed by atoms with Crippen LogP contribution in [0.25, 0.3) is 88.3 Å². The third-order valence-corrected chi connectivity index (χ3v) is 9.63. The van der Waals surface area contributed by atoms with Gasteiger partial charge >= 0.3 is 0 Å². The predicted octanol–water partition coefficient (Wildman–Crippen LogP) is 11.9.